The molecule has 1 fully saturated rings. The minimum atomic E-state index is -1.02. The molecule has 7 heteroatoms. The molecule has 0 aromatic heterocycles. The first-order valence-corrected chi connectivity index (χ1v) is 12.0. The topological polar surface area (TPSA) is 105 Å². The lowest BCUT2D eigenvalue weighted by molar-refractivity contribution is -0.142. The van der Waals surface area contributed by atoms with E-state index in [2.05, 4.69) is 34.9 Å². The summed E-state index contributed by atoms with van der Waals surface area (Å²) >= 11 is 0. The Kier molecular flexibility index (Phi) is 7.20. The van der Waals surface area contributed by atoms with Crippen LogP contribution >= 0.6 is 0 Å². The summed E-state index contributed by atoms with van der Waals surface area (Å²) in [6.07, 6.45) is 1.63. The van der Waals surface area contributed by atoms with Crippen LogP contribution in [-0.2, 0) is 14.3 Å². The Bertz CT molecular complexity index is 1020. The quantitative estimate of drug-likeness (QED) is 0.540. The summed E-state index contributed by atoms with van der Waals surface area (Å²) in [6, 6.07) is 15.3. The van der Waals surface area contributed by atoms with Gasteiger partial charge in [0.1, 0.15) is 12.6 Å². The zero-order valence-corrected chi connectivity index (χ0v) is 19.6. The van der Waals surface area contributed by atoms with E-state index in [0.29, 0.717) is 25.7 Å². The number of aliphatic carboxylic acids is 1. The molecule has 0 radical (unpaired) electrons. The first-order chi connectivity index (χ1) is 16.3. The van der Waals surface area contributed by atoms with Gasteiger partial charge in [-0.1, -0.05) is 62.4 Å². The fraction of sp³-hybridized carbons (Fsp3) is 0.444. The summed E-state index contributed by atoms with van der Waals surface area (Å²) in [6.45, 7) is 4.09. The normalized spacial score (nSPS) is 19.9. The van der Waals surface area contributed by atoms with Gasteiger partial charge in [0.15, 0.2) is 0 Å². The van der Waals surface area contributed by atoms with Gasteiger partial charge in [-0.25, -0.2) is 9.59 Å². The molecular weight excluding hydrogens is 432 g/mol. The van der Waals surface area contributed by atoms with Crippen molar-refractivity contribution in [1.29, 1.82) is 0 Å². The molecular formula is C27H32N2O5. The molecule has 180 valence electrons. The van der Waals surface area contributed by atoms with Crippen molar-refractivity contribution in [1.82, 2.24) is 10.6 Å². The Morgan fingerprint density at radius 1 is 1.00 bits per heavy atom. The molecule has 2 unspecified atom stereocenters. The van der Waals surface area contributed by atoms with Gasteiger partial charge in [-0.15, -0.1) is 0 Å². The van der Waals surface area contributed by atoms with E-state index >= 15 is 0 Å². The molecule has 4 rings (SSSR count). The largest absolute Gasteiger partial charge is 0.480 e. The van der Waals surface area contributed by atoms with Crippen LogP contribution in [0.1, 0.15) is 56.6 Å². The van der Waals surface area contributed by atoms with Crippen molar-refractivity contribution in [3.05, 3.63) is 59.7 Å². The molecule has 2 aromatic carbocycles. The van der Waals surface area contributed by atoms with E-state index < -0.39 is 18.1 Å². The van der Waals surface area contributed by atoms with Crippen molar-refractivity contribution in [2.45, 2.75) is 57.5 Å². The average Bonchev–Trinajstić information content (AvgIpc) is 3.39. The number of amides is 2. The highest BCUT2D eigenvalue weighted by molar-refractivity contribution is 5.85. The predicted molar refractivity (Wildman–Crippen MR) is 128 cm³/mol. The summed E-state index contributed by atoms with van der Waals surface area (Å²) in [5.41, 5.74) is 4.66. The lowest BCUT2D eigenvalue weighted by Crippen LogP contribution is -2.44. The number of ether oxygens (including phenoxy) is 1. The van der Waals surface area contributed by atoms with Crippen LogP contribution < -0.4 is 10.6 Å². The van der Waals surface area contributed by atoms with Crippen LogP contribution in [0.4, 0.5) is 4.79 Å². The highest BCUT2D eigenvalue weighted by Gasteiger charge is 2.34. The predicted octanol–water partition coefficient (Wildman–Crippen LogP) is 4.31. The van der Waals surface area contributed by atoms with Crippen LogP contribution in [0.15, 0.2) is 48.5 Å². The summed E-state index contributed by atoms with van der Waals surface area (Å²) in [5.74, 6) is -1.44. The van der Waals surface area contributed by atoms with Gasteiger partial charge in [-0.3, -0.25) is 4.79 Å². The first kappa shape index (κ1) is 23.8. The van der Waals surface area contributed by atoms with Crippen LogP contribution in [-0.4, -0.2) is 41.8 Å². The van der Waals surface area contributed by atoms with Gasteiger partial charge >= 0.3 is 12.1 Å². The van der Waals surface area contributed by atoms with Crippen LogP contribution in [0.5, 0.6) is 0 Å². The second-order valence-electron chi connectivity index (χ2n) is 9.71. The van der Waals surface area contributed by atoms with Gasteiger partial charge in [0.25, 0.3) is 0 Å². The number of carbonyl (C=O) groups is 3. The van der Waals surface area contributed by atoms with E-state index in [1.807, 2.05) is 38.1 Å². The van der Waals surface area contributed by atoms with Crippen molar-refractivity contribution in [2.24, 2.45) is 11.8 Å². The number of hydrogen-bond donors (Lipinski definition) is 3. The molecule has 0 bridgehead atoms. The number of nitrogens with one attached hydrogen (secondary N) is 2. The molecule has 3 atom stereocenters. The molecule has 34 heavy (non-hydrogen) atoms. The molecule has 3 N–H and O–H groups in total. The maximum atomic E-state index is 12.6. The highest BCUT2D eigenvalue weighted by Crippen LogP contribution is 2.44. The Hall–Kier alpha value is -3.35. The molecule has 2 aliphatic rings. The molecule has 0 saturated heterocycles. The number of alkyl carbamates (subject to hydrolysis) is 1. The van der Waals surface area contributed by atoms with Gasteiger partial charge in [0, 0.05) is 17.9 Å². The Morgan fingerprint density at radius 3 is 2.21 bits per heavy atom. The van der Waals surface area contributed by atoms with Crippen molar-refractivity contribution in [3.8, 4) is 11.1 Å². The number of hydrogen-bond acceptors (Lipinski definition) is 4. The van der Waals surface area contributed by atoms with Crippen LogP contribution in [0.3, 0.4) is 0 Å². The molecule has 2 aromatic rings. The number of carbonyl (C=O) groups excluding carboxylic acids is 2. The summed E-state index contributed by atoms with van der Waals surface area (Å²) in [4.78, 5) is 36.6. The molecule has 2 aliphatic carbocycles. The van der Waals surface area contributed by atoms with E-state index in [1.165, 1.54) is 11.1 Å². The Labute approximate surface area is 199 Å². The number of carboxylic acid groups (broad SMARTS) is 1. The van der Waals surface area contributed by atoms with Crippen molar-refractivity contribution in [2.75, 3.05) is 6.61 Å². The fourth-order valence-corrected chi connectivity index (χ4v) is 5.14. The third kappa shape index (κ3) is 5.24. The average molecular weight is 465 g/mol. The van der Waals surface area contributed by atoms with E-state index in [-0.39, 0.29) is 36.3 Å². The minimum Gasteiger partial charge on any atom is -0.480 e. The second-order valence-corrected chi connectivity index (χ2v) is 9.71. The summed E-state index contributed by atoms with van der Waals surface area (Å²) in [7, 11) is 0. The van der Waals surface area contributed by atoms with Gasteiger partial charge in [-0.05, 0) is 53.9 Å². The number of benzene rings is 2. The van der Waals surface area contributed by atoms with E-state index in [0.717, 1.165) is 11.1 Å². The number of rotatable bonds is 8. The van der Waals surface area contributed by atoms with Gasteiger partial charge in [0.05, 0.1) is 0 Å². The summed E-state index contributed by atoms with van der Waals surface area (Å²) < 4.78 is 5.61. The summed E-state index contributed by atoms with van der Waals surface area (Å²) in [5, 5.41) is 14.9. The molecule has 7 nitrogen and oxygen atoms in total. The standard InChI is InChI=1S/C27H32N2O5/c1-16(2)13-24(26(31)32)29-25(30)17-11-12-18(14-17)28-27(33)34-15-23-21-9-5-3-7-19(21)20-8-4-6-10-22(20)23/h3-10,16-18,23-24H,11-15H2,1-2H3,(H,28,33)(H,29,30)(H,31,32)/t17?,18?,24-/m0/s1. The smallest absolute Gasteiger partial charge is 0.407 e. The van der Waals surface area contributed by atoms with Crippen molar-refractivity contribution >= 4 is 18.0 Å². The Balaban J connectivity index is 1.29. The lowest BCUT2D eigenvalue weighted by Gasteiger charge is -2.19. The van der Waals surface area contributed by atoms with Crippen molar-refractivity contribution in [3.63, 3.8) is 0 Å². The van der Waals surface area contributed by atoms with E-state index in [9.17, 15) is 19.5 Å². The third-order valence-electron chi connectivity index (χ3n) is 6.79. The van der Waals surface area contributed by atoms with Gasteiger partial charge < -0.3 is 20.5 Å². The highest BCUT2D eigenvalue weighted by atomic mass is 16.5. The molecule has 0 spiro atoms. The molecule has 2 amide bonds. The Morgan fingerprint density at radius 2 is 1.62 bits per heavy atom. The fourth-order valence-electron chi connectivity index (χ4n) is 5.14. The lowest BCUT2D eigenvalue weighted by atomic mass is 9.98. The van der Waals surface area contributed by atoms with Gasteiger partial charge in [0.2, 0.25) is 5.91 Å². The minimum absolute atomic E-state index is 0.00540. The maximum absolute atomic E-state index is 12.6. The number of carboxylic acids is 1. The van der Waals surface area contributed by atoms with Gasteiger partial charge in [-0.2, -0.15) is 0 Å². The third-order valence-corrected chi connectivity index (χ3v) is 6.79. The second kappa shape index (κ2) is 10.3. The molecule has 0 heterocycles. The van der Waals surface area contributed by atoms with E-state index in [4.69, 9.17) is 4.74 Å². The zero-order valence-electron chi connectivity index (χ0n) is 19.6. The first-order valence-electron chi connectivity index (χ1n) is 12.0. The van der Waals surface area contributed by atoms with Crippen molar-refractivity contribution < 1.29 is 24.2 Å². The maximum Gasteiger partial charge on any atom is 0.407 e. The SMILES string of the molecule is CC(C)C[C@H](NC(=O)C1CCC(NC(=O)OCC2c3ccccc3-c3ccccc32)C1)C(=O)O. The monoisotopic (exact) mass is 464 g/mol. The number of fused-ring (bicyclic) bond motifs is 3. The zero-order chi connectivity index (χ0) is 24.2. The molecule has 1 saturated carbocycles. The van der Waals surface area contributed by atoms with E-state index in [1.54, 1.807) is 0 Å². The van der Waals surface area contributed by atoms with Crippen LogP contribution in [0.25, 0.3) is 11.1 Å². The molecule has 0 aliphatic heterocycles. The van der Waals surface area contributed by atoms with Crippen LogP contribution in [0, 0.1) is 11.8 Å². The van der Waals surface area contributed by atoms with Crippen LogP contribution in [0.2, 0.25) is 0 Å².